The Morgan fingerprint density at radius 3 is 2.64 bits per heavy atom. The van der Waals surface area contributed by atoms with Gasteiger partial charge in [0.25, 0.3) is 0 Å². The minimum Gasteiger partial charge on any atom is -0.494 e. The second kappa shape index (κ2) is 7.32. The molecule has 0 amide bonds. The quantitative estimate of drug-likeness (QED) is 0.787. The zero-order valence-corrected chi connectivity index (χ0v) is 12.3. The van der Waals surface area contributed by atoms with Crippen molar-refractivity contribution in [2.45, 2.75) is 25.7 Å². The molecule has 5 nitrogen and oxygen atoms in total. The van der Waals surface area contributed by atoms with Gasteiger partial charge >= 0.3 is 5.97 Å². The van der Waals surface area contributed by atoms with E-state index in [1.165, 1.54) is 17.7 Å². The highest BCUT2D eigenvalue weighted by Gasteiger charge is 2.17. The number of nitriles is 1. The third kappa shape index (κ3) is 4.13. The highest BCUT2D eigenvalue weighted by atomic mass is 16.5. The van der Waals surface area contributed by atoms with Crippen molar-refractivity contribution in [1.29, 1.82) is 5.26 Å². The second-order valence-electron chi connectivity index (χ2n) is 4.99. The van der Waals surface area contributed by atoms with E-state index in [9.17, 15) is 10.1 Å². The molecule has 114 valence electrons. The van der Waals surface area contributed by atoms with Crippen molar-refractivity contribution in [1.82, 2.24) is 0 Å². The average molecular weight is 299 g/mol. The van der Waals surface area contributed by atoms with Crippen LogP contribution in [0.25, 0.3) is 0 Å². The molecular formula is C17H17NO4. The molecule has 1 aromatic carbocycles. The topological polar surface area (TPSA) is 83.5 Å². The minimum absolute atomic E-state index is 0.147. The van der Waals surface area contributed by atoms with Gasteiger partial charge in [0.1, 0.15) is 17.4 Å². The fraction of sp³-hybridized carbons (Fsp3) is 0.294. The van der Waals surface area contributed by atoms with Gasteiger partial charge in [0.2, 0.25) is 5.76 Å². The highest BCUT2D eigenvalue weighted by molar-refractivity contribution is 5.84. The van der Waals surface area contributed by atoms with Crippen LogP contribution >= 0.6 is 0 Å². The Labute approximate surface area is 128 Å². The fourth-order valence-corrected chi connectivity index (χ4v) is 2.04. The van der Waals surface area contributed by atoms with Gasteiger partial charge in [0.15, 0.2) is 0 Å². The van der Waals surface area contributed by atoms with Crippen molar-refractivity contribution in [3.8, 4) is 11.8 Å². The Morgan fingerprint density at radius 2 is 2.05 bits per heavy atom. The Morgan fingerprint density at radius 1 is 1.32 bits per heavy atom. The number of nitrogens with zero attached hydrogens (tertiary/aromatic N) is 1. The first-order valence-electron chi connectivity index (χ1n) is 7.02. The molecule has 2 aromatic rings. The van der Waals surface area contributed by atoms with Crippen LogP contribution in [-0.4, -0.2) is 17.7 Å². The molecule has 1 aromatic heterocycles. The number of benzene rings is 1. The number of carbonyl (C=O) groups is 1. The number of carboxylic acids is 1. The third-order valence-corrected chi connectivity index (χ3v) is 3.26. The molecule has 0 bridgehead atoms. The smallest absolute Gasteiger partial charge is 0.371 e. The number of aromatic carboxylic acids is 1. The van der Waals surface area contributed by atoms with Gasteiger partial charge in [0, 0.05) is 0 Å². The van der Waals surface area contributed by atoms with E-state index in [0.29, 0.717) is 25.2 Å². The van der Waals surface area contributed by atoms with Crippen LogP contribution in [0.4, 0.5) is 0 Å². The monoisotopic (exact) mass is 299 g/mol. The molecule has 0 saturated carbocycles. The third-order valence-electron chi connectivity index (χ3n) is 3.26. The summed E-state index contributed by atoms with van der Waals surface area (Å²) >= 11 is 0. The molecule has 22 heavy (non-hydrogen) atoms. The highest BCUT2D eigenvalue weighted by Crippen LogP contribution is 2.23. The van der Waals surface area contributed by atoms with Gasteiger partial charge in [-0.05, 0) is 44.0 Å². The maximum absolute atomic E-state index is 10.8. The first-order valence-corrected chi connectivity index (χ1v) is 7.02. The van der Waals surface area contributed by atoms with Gasteiger partial charge in [-0.25, -0.2) is 4.79 Å². The first-order chi connectivity index (χ1) is 10.6. The van der Waals surface area contributed by atoms with Gasteiger partial charge in [0.05, 0.1) is 12.7 Å². The van der Waals surface area contributed by atoms with E-state index in [1.54, 1.807) is 0 Å². The molecule has 1 N–H and O–H groups in total. The van der Waals surface area contributed by atoms with Crippen LogP contribution in [0, 0.1) is 18.3 Å². The molecule has 0 saturated heterocycles. The zero-order valence-electron chi connectivity index (χ0n) is 12.3. The van der Waals surface area contributed by atoms with E-state index >= 15 is 0 Å². The maximum Gasteiger partial charge on any atom is 0.371 e. The summed E-state index contributed by atoms with van der Waals surface area (Å²) in [5, 5.41) is 18.0. The molecule has 0 aliphatic carbocycles. The van der Waals surface area contributed by atoms with E-state index in [4.69, 9.17) is 14.3 Å². The molecule has 1 atom stereocenters. The first kappa shape index (κ1) is 15.6. The number of rotatable bonds is 7. The average Bonchev–Trinajstić information content (AvgIpc) is 2.99. The number of carboxylic acid groups (broad SMARTS) is 1. The van der Waals surface area contributed by atoms with Crippen molar-refractivity contribution in [2.24, 2.45) is 0 Å². The van der Waals surface area contributed by atoms with Crippen LogP contribution in [0.5, 0.6) is 5.75 Å². The number of hydrogen-bond acceptors (Lipinski definition) is 4. The van der Waals surface area contributed by atoms with Crippen LogP contribution in [0.1, 0.15) is 40.6 Å². The summed E-state index contributed by atoms with van der Waals surface area (Å²) in [6.45, 7) is 2.50. The van der Waals surface area contributed by atoms with Gasteiger partial charge in [-0.1, -0.05) is 17.7 Å². The summed E-state index contributed by atoms with van der Waals surface area (Å²) in [6.07, 6.45) is 1.23. The Balaban J connectivity index is 1.82. The normalized spacial score (nSPS) is 11.6. The molecule has 0 radical (unpaired) electrons. The minimum atomic E-state index is -1.13. The molecule has 2 rings (SSSR count). The largest absolute Gasteiger partial charge is 0.494 e. The molecule has 0 aliphatic heterocycles. The molecule has 0 fully saturated rings. The standard InChI is InChI=1S/C17H17NO4/c1-12-4-6-14(7-5-12)21-10-2-3-13(11-18)15-8-9-16(22-15)17(19)20/h4-9,13H,2-3,10H2,1H3,(H,19,20). The van der Waals surface area contributed by atoms with Crippen molar-refractivity contribution in [2.75, 3.05) is 6.61 Å². The van der Waals surface area contributed by atoms with Crippen LogP contribution in [-0.2, 0) is 0 Å². The molecule has 5 heteroatoms. The number of furan rings is 1. The van der Waals surface area contributed by atoms with Gasteiger partial charge in [-0.2, -0.15) is 5.26 Å². The summed E-state index contributed by atoms with van der Waals surface area (Å²) in [4.78, 5) is 10.8. The van der Waals surface area contributed by atoms with Crippen molar-refractivity contribution in [3.05, 3.63) is 53.5 Å². The van der Waals surface area contributed by atoms with Gasteiger partial charge in [-0.15, -0.1) is 0 Å². The Bertz CT molecular complexity index is 667. The van der Waals surface area contributed by atoms with Crippen LogP contribution in [0.3, 0.4) is 0 Å². The Hall–Kier alpha value is -2.74. The van der Waals surface area contributed by atoms with E-state index < -0.39 is 11.9 Å². The molecule has 0 spiro atoms. The van der Waals surface area contributed by atoms with E-state index in [0.717, 1.165) is 5.75 Å². The summed E-state index contributed by atoms with van der Waals surface area (Å²) in [5.74, 6) is -0.563. The van der Waals surface area contributed by atoms with E-state index in [-0.39, 0.29) is 5.76 Å². The lowest BCUT2D eigenvalue weighted by atomic mass is 10.0. The van der Waals surface area contributed by atoms with Crippen LogP contribution in [0.2, 0.25) is 0 Å². The summed E-state index contributed by atoms with van der Waals surface area (Å²) in [5.41, 5.74) is 1.17. The molecule has 0 aliphatic rings. The predicted octanol–water partition coefficient (Wildman–Crippen LogP) is 3.75. The van der Waals surface area contributed by atoms with Crippen LogP contribution in [0.15, 0.2) is 40.8 Å². The SMILES string of the molecule is Cc1ccc(OCCCC(C#N)c2ccc(C(=O)O)o2)cc1. The lowest BCUT2D eigenvalue weighted by Gasteiger charge is -2.08. The number of ether oxygens (including phenoxy) is 1. The van der Waals surface area contributed by atoms with Gasteiger partial charge in [-0.3, -0.25) is 0 Å². The molecule has 1 unspecified atom stereocenters. The second-order valence-corrected chi connectivity index (χ2v) is 4.99. The lowest BCUT2D eigenvalue weighted by molar-refractivity contribution is 0.0660. The zero-order chi connectivity index (χ0) is 15.9. The fourth-order valence-electron chi connectivity index (χ4n) is 2.04. The summed E-state index contributed by atoms with van der Waals surface area (Å²) in [7, 11) is 0. The summed E-state index contributed by atoms with van der Waals surface area (Å²) in [6, 6.07) is 12.8. The Kier molecular flexibility index (Phi) is 5.21. The summed E-state index contributed by atoms with van der Waals surface area (Å²) < 4.78 is 10.8. The van der Waals surface area contributed by atoms with Crippen LogP contribution < -0.4 is 4.74 Å². The molecule has 1 heterocycles. The maximum atomic E-state index is 10.8. The van der Waals surface area contributed by atoms with Gasteiger partial charge < -0.3 is 14.3 Å². The van der Waals surface area contributed by atoms with E-state index in [1.807, 2.05) is 31.2 Å². The van der Waals surface area contributed by atoms with Crippen molar-refractivity contribution >= 4 is 5.97 Å². The predicted molar refractivity (Wildman–Crippen MR) is 79.9 cm³/mol. The number of aryl methyl sites for hydroxylation is 1. The number of hydrogen-bond donors (Lipinski definition) is 1. The van der Waals surface area contributed by atoms with Crippen molar-refractivity contribution < 1.29 is 19.1 Å². The van der Waals surface area contributed by atoms with E-state index in [2.05, 4.69) is 6.07 Å². The van der Waals surface area contributed by atoms with Crippen molar-refractivity contribution in [3.63, 3.8) is 0 Å². The molecular weight excluding hydrogens is 282 g/mol. The lowest BCUT2D eigenvalue weighted by Crippen LogP contribution is -2.01.